The van der Waals surface area contributed by atoms with Crippen molar-refractivity contribution in [3.8, 4) is 0 Å². The molecule has 0 aromatic rings. The fourth-order valence-corrected chi connectivity index (χ4v) is 1.85. The molecule has 0 aliphatic carbocycles. The lowest BCUT2D eigenvalue weighted by Crippen LogP contribution is -2.31. The van der Waals surface area contributed by atoms with Gasteiger partial charge in [0.05, 0.1) is 0 Å². The van der Waals surface area contributed by atoms with Gasteiger partial charge in [0.25, 0.3) is 0 Å². The van der Waals surface area contributed by atoms with Gasteiger partial charge in [-0.2, -0.15) is 0 Å². The van der Waals surface area contributed by atoms with Crippen LogP contribution < -0.4 is 3.53 Å². The zero-order valence-corrected chi connectivity index (χ0v) is 11.6. The SMILES string of the molecule is CCCC(C)CCCC(C)(C)NI. The van der Waals surface area contributed by atoms with E-state index in [1.54, 1.807) is 0 Å². The number of hydrogen-bond acceptors (Lipinski definition) is 1. The number of hydrogen-bond donors (Lipinski definition) is 1. The quantitative estimate of drug-likeness (QED) is 0.545. The van der Waals surface area contributed by atoms with Crippen molar-refractivity contribution >= 4 is 22.9 Å². The van der Waals surface area contributed by atoms with Crippen molar-refractivity contribution in [1.82, 2.24) is 3.53 Å². The molecule has 0 aliphatic heterocycles. The van der Waals surface area contributed by atoms with E-state index in [0.29, 0.717) is 5.54 Å². The van der Waals surface area contributed by atoms with Crippen LogP contribution in [-0.2, 0) is 0 Å². The predicted molar refractivity (Wildman–Crippen MR) is 69.2 cm³/mol. The standard InChI is InChI=1S/C11H24IN/c1-5-7-10(2)8-6-9-11(3,4)13-12/h10,13H,5-9H2,1-4H3. The summed E-state index contributed by atoms with van der Waals surface area (Å²) in [7, 11) is 0. The summed E-state index contributed by atoms with van der Waals surface area (Å²) >= 11 is 2.25. The Bertz CT molecular complexity index is 123. The third-order valence-corrected chi connectivity index (χ3v) is 4.00. The molecule has 1 nitrogen and oxygen atoms in total. The van der Waals surface area contributed by atoms with Crippen LogP contribution in [0.25, 0.3) is 0 Å². The minimum Gasteiger partial charge on any atom is -0.255 e. The Balaban J connectivity index is 3.44. The molecule has 0 saturated carbocycles. The summed E-state index contributed by atoms with van der Waals surface area (Å²) < 4.78 is 3.32. The summed E-state index contributed by atoms with van der Waals surface area (Å²) in [5.41, 5.74) is 0.312. The molecule has 0 amide bonds. The Morgan fingerprint density at radius 3 is 2.38 bits per heavy atom. The van der Waals surface area contributed by atoms with Crippen molar-refractivity contribution in [3.63, 3.8) is 0 Å². The molecule has 1 unspecified atom stereocenters. The molecule has 0 radical (unpaired) electrons. The molecule has 0 aromatic heterocycles. The highest BCUT2D eigenvalue weighted by atomic mass is 127. The third kappa shape index (κ3) is 7.74. The molecule has 0 rings (SSSR count). The van der Waals surface area contributed by atoms with Gasteiger partial charge in [-0.25, -0.2) is 0 Å². The second-order valence-corrected chi connectivity index (χ2v) is 5.30. The number of nitrogens with one attached hydrogen (secondary N) is 1. The third-order valence-electron chi connectivity index (χ3n) is 2.54. The van der Waals surface area contributed by atoms with Crippen molar-refractivity contribution in [3.05, 3.63) is 0 Å². The second-order valence-electron chi connectivity index (χ2n) is 4.76. The van der Waals surface area contributed by atoms with Gasteiger partial charge < -0.3 is 0 Å². The van der Waals surface area contributed by atoms with Crippen LogP contribution in [0.1, 0.15) is 59.8 Å². The fraction of sp³-hybridized carbons (Fsp3) is 1.00. The molecule has 0 fully saturated rings. The first kappa shape index (κ1) is 13.7. The van der Waals surface area contributed by atoms with Crippen molar-refractivity contribution in [1.29, 1.82) is 0 Å². The summed E-state index contributed by atoms with van der Waals surface area (Å²) in [6.45, 7) is 9.18. The molecule has 0 aliphatic rings. The lowest BCUT2D eigenvalue weighted by atomic mass is 9.93. The van der Waals surface area contributed by atoms with E-state index in [4.69, 9.17) is 0 Å². The van der Waals surface area contributed by atoms with Gasteiger partial charge in [-0.1, -0.05) is 39.5 Å². The van der Waals surface area contributed by atoms with Gasteiger partial charge >= 0.3 is 0 Å². The van der Waals surface area contributed by atoms with Crippen molar-refractivity contribution < 1.29 is 0 Å². The summed E-state index contributed by atoms with van der Waals surface area (Å²) in [4.78, 5) is 0. The molecule has 0 spiro atoms. The summed E-state index contributed by atoms with van der Waals surface area (Å²) in [5, 5.41) is 0. The van der Waals surface area contributed by atoms with Gasteiger partial charge in [-0.15, -0.1) is 0 Å². The molecule has 2 heteroatoms. The van der Waals surface area contributed by atoms with Crippen LogP contribution in [0.2, 0.25) is 0 Å². The lowest BCUT2D eigenvalue weighted by molar-refractivity contribution is 0.389. The zero-order chi connectivity index (χ0) is 10.3. The van der Waals surface area contributed by atoms with Crippen molar-refractivity contribution in [2.24, 2.45) is 5.92 Å². The molecule has 0 heterocycles. The summed E-state index contributed by atoms with van der Waals surface area (Å²) in [6, 6.07) is 0. The summed E-state index contributed by atoms with van der Waals surface area (Å²) in [6.07, 6.45) is 6.73. The molecule has 13 heavy (non-hydrogen) atoms. The molecular formula is C11H24IN. The maximum absolute atomic E-state index is 3.32. The summed E-state index contributed by atoms with van der Waals surface area (Å²) in [5.74, 6) is 0.912. The van der Waals surface area contributed by atoms with E-state index >= 15 is 0 Å². The molecule has 80 valence electrons. The van der Waals surface area contributed by atoms with Gasteiger partial charge in [0.15, 0.2) is 0 Å². The highest BCUT2D eigenvalue weighted by molar-refractivity contribution is 14.1. The van der Waals surface area contributed by atoms with E-state index in [0.717, 1.165) is 5.92 Å². The maximum Gasteiger partial charge on any atom is 0.0218 e. The van der Waals surface area contributed by atoms with Gasteiger partial charge in [0.2, 0.25) is 0 Å². The topological polar surface area (TPSA) is 12.0 Å². The first-order chi connectivity index (χ1) is 6.02. The van der Waals surface area contributed by atoms with Gasteiger partial charge in [0, 0.05) is 28.4 Å². The van der Waals surface area contributed by atoms with Crippen molar-refractivity contribution in [2.45, 2.75) is 65.3 Å². The Hall–Kier alpha value is 0.690. The van der Waals surface area contributed by atoms with E-state index < -0.39 is 0 Å². The highest BCUT2D eigenvalue weighted by Gasteiger charge is 2.15. The van der Waals surface area contributed by atoms with Crippen LogP contribution in [0.15, 0.2) is 0 Å². The smallest absolute Gasteiger partial charge is 0.0218 e. The molecule has 0 aromatic carbocycles. The van der Waals surface area contributed by atoms with Crippen LogP contribution in [0.5, 0.6) is 0 Å². The van der Waals surface area contributed by atoms with Crippen LogP contribution in [0, 0.1) is 5.92 Å². The van der Waals surface area contributed by atoms with Crippen LogP contribution >= 0.6 is 22.9 Å². The lowest BCUT2D eigenvalue weighted by Gasteiger charge is -2.23. The fourth-order valence-electron chi connectivity index (χ4n) is 1.58. The first-order valence-corrected chi connectivity index (χ1v) is 6.47. The predicted octanol–water partition coefficient (Wildman–Crippen LogP) is 4.31. The monoisotopic (exact) mass is 297 g/mol. The van der Waals surface area contributed by atoms with Crippen molar-refractivity contribution in [2.75, 3.05) is 0 Å². The molecule has 1 N–H and O–H groups in total. The molecule has 0 bridgehead atoms. The van der Waals surface area contributed by atoms with Gasteiger partial charge in [-0.3, -0.25) is 3.53 Å². The number of rotatable bonds is 7. The Kier molecular flexibility index (Phi) is 7.42. The van der Waals surface area contributed by atoms with Gasteiger partial charge in [0.1, 0.15) is 0 Å². The van der Waals surface area contributed by atoms with E-state index in [1.165, 1.54) is 32.1 Å². The second kappa shape index (κ2) is 7.04. The van der Waals surface area contributed by atoms with E-state index in [2.05, 4.69) is 54.1 Å². The normalized spacial score (nSPS) is 14.5. The first-order valence-electron chi connectivity index (χ1n) is 5.39. The van der Waals surface area contributed by atoms with E-state index in [1.807, 2.05) is 0 Å². The van der Waals surface area contributed by atoms with Crippen LogP contribution in [0.3, 0.4) is 0 Å². The minimum atomic E-state index is 0.312. The Labute approximate surface area is 97.6 Å². The molecular weight excluding hydrogens is 273 g/mol. The molecule has 0 saturated heterocycles. The Morgan fingerprint density at radius 1 is 1.31 bits per heavy atom. The average Bonchev–Trinajstić information content (AvgIpc) is 2.05. The Morgan fingerprint density at radius 2 is 1.92 bits per heavy atom. The number of halogens is 1. The molecule has 1 atom stereocenters. The van der Waals surface area contributed by atoms with Gasteiger partial charge in [-0.05, 0) is 26.2 Å². The van der Waals surface area contributed by atoms with E-state index in [9.17, 15) is 0 Å². The van der Waals surface area contributed by atoms with E-state index in [-0.39, 0.29) is 0 Å². The van der Waals surface area contributed by atoms with Crippen LogP contribution in [-0.4, -0.2) is 5.54 Å². The van der Waals surface area contributed by atoms with Crippen LogP contribution in [0.4, 0.5) is 0 Å². The zero-order valence-electron chi connectivity index (χ0n) is 9.49. The highest BCUT2D eigenvalue weighted by Crippen LogP contribution is 2.19. The maximum atomic E-state index is 3.32. The average molecular weight is 297 g/mol. The minimum absolute atomic E-state index is 0.312. The largest absolute Gasteiger partial charge is 0.255 e.